The summed E-state index contributed by atoms with van der Waals surface area (Å²) in [6.45, 7) is 4.58. The molecular formula is C16H25ClN2O3. The van der Waals surface area contributed by atoms with Gasteiger partial charge in [-0.3, -0.25) is 4.79 Å². The number of halogens is 1. The summed E-state index contributed by atoms with van der Waals surface area (Å²) in [5.41, 5.74) is 0.512. The van der Waals surface area contributed by atoms with Gasteiger partial charge in [-0.05, 0) is 45.0 Å². The number of ether oxygens (including phenoxy) is 2. The second-order valence-electron chi connectivity index (χ2n) is 5.37. The smallest absolute Gasteiger partial charge is 0.252 e. The monoisotopic (exact) mass is 328 g/mol. The lowest BCUT2D eigenvalue weighted by atomic mass is 9.91. The van der Waals surface area contributed by atoms with Crippen molar-refractivity contribution in [2.24, 2.45) is 0 Å². The van der Waals surface area contributed by atoms with Crippen LogP contribution in [-0.4, -0.2) is 44.9 Å². The molecule has 6 heteroatoms. The molecule has 2 rings (SSSR count). The Morgan fingerprint density at radius 2 is 1.91 bits per heavy atom. The van der Waals surface area contributed by atoms with Crippen LogP contribution in [0.3, 0.4) is 0 Å². The van der Waals surface area contributed by atoms with E-state index in [9.17, 15) is 4.79 Å². The topological polar surface area (TPSA) is 59.6 Å². The third-order valence-electron chi connectivity index (χ3n) is 3.89. The third-order valence-corrected chi connectivity index (χ3v) is 3.89. The number of benzene rings is 1. The predicted octanol–water partition coefficient (Wildman–Crippen LogP) is 1.68. The minimum Gasteiger partial charge on any atom is -0.492 e. The molecule has 0 aromatic heterocycles. The number of amides is 1. The van der Waals surface area contributed by atoms with E-state index in [1.807, 2.05) is 31.2 Å². The molecule has 1 aliphatic heterocycles. The van der Waals surface area contributed by atoms with Crippen LogP contribution >= 0.6 is 12.4 Å². The molecule has 22 heavy (non-hydrogen) atoms. The van der Waals surface area contributed by atoms with Crippen molar-refractivity contribution in [2.45, 2.75) is 25.4 Å². The maximum atomic E-state index is 12.3. The van der Waals surface area contributed by atoms with Crippen LogP contribution in [0.1, 0.15) is 18.4 Å². The zero-order chi connectivity index (χ0) is 15.1. The first-order valence-corrected chi connectivity index (χ1v) is 7.40. The third kappa shape index (κ3) is 4.87. The van der Waals surface area contributed by atoms with E-state index in [1.165, 1.54) is 5.56 Å². The van der Waals surface area contributed by atoms with Gasteiger partial charge in [0.2, 0.25) is 0 Å². The number of piperidine rings is 1. The zero-order valence-corrected chi connectivity index (χ0v) is 14.0. The zero-order valence-electron chi connectivity index (χ0n) is 13.2. The SMILES string of the molecule is COC1(C(=O)NCCOc2ccc(C)cc2)CCNCC1.Cl. The van der Waals surface area contributed by atoms with Crippen LogP contribution in [0.15, 0.2) is 24.3 Å². The largest absolute Gasteiger partial charge is 0.492 e. The van der Waals surface area contributed by atoms with Crippen LogP contribution in [0.2, 0.25) is 0 Å². The molecule has 1 heterocycles. The van der Waals surface area contributed by atoms with E-state index in [2.05, 4.69) is 10.6 Å². The van der Waals surface area contributed by atoms with Gasteiger partial charge in [0.15, 0.2) is 0 Å². The maximum Gasteiger partial charge on any atom is 0.252 e. The van der Waals surface area contributed by atoms with Gasteiger partial charge in [0.25, 0.3) is 5.91 Å². The number of hydrogen-bond acceptors (Lipinski definition) is 4. The summed E-state index contributed by atoms with van der Waals surface area (Å²) in [5.74, 6) is 0.775. The van der Waals surface area contributed by atoms with E-state index in [4.69, 9.17) is 9.47 Å². The summed E-state index contributed by atoms with van der Waals surface area (Å²) >= 11 is 0. The van der Waals surface area contributed by atoms with Crippen molar-refractivity contribution in [3.05, 3.63) is 29.8 Å². The molecule has 0 atom stereocenters. The van der Waals surface area contributed by atoms with Gasteiger partial charge in [0, 0.05) is 7.11 Å². The van der Waals surface area contributed by atoms with Crippen LogP contribution in [0.25, 0.3) is 0 Å². The Kier molecular flexibility index (Phi) is 7.65. The molecule has 5 nitrogen and oxygen atoms in total. The van der Waals surface area contributed by atoms with Gasteiger partial charge >= 0.3 is 0 Å². The van der Waals surface area contributed by atoms with Crippen LogP contribution in [0.5, 0.6) is 5.75 Å². The number of methoxy groups -OCH3 is 1. The lowest BCUT2D eigenvalue weighted by molar-refractivity contribution is -0.146. The minimum absolute atomic E-state index is 0. The highest BCUT2D eigenvalue weighted by molar-refractivity contribution is 5.85. The Morgan fingerprint density at radius 3 is 2.50 bits per heavy atom. The van der Waals surface area contributed by atoms with Crippen molar-refractivity contribution in [2.75, 3.05) is 33.4 Å². The molecule has 1 fully saturated rings. The minimum atomic E-state index is -0.685. The molecule has 0 bridgehead atoms. The van der Waals surface area contributed by atoms with Crippen LogP contribution in [-0.2, 0) is 9.53 Å². The molecule has 1 aromatic carbocycles. The summed E-state index contributed by atoms with van der Waals surface area (Å²) in [4.78, 5) is 12.3. The molecule has 1 saturated heterocycles. The molecule has 0 radical (unpaired) electrons. The number of carbonyl (C=O) groups excluding carboxylic acids is 1. The average Bonchev–Trinajstić information content (AvgIpc) is 2.53. The Labute approximate surface area is 138 Å². The lowest BCUT2D eigenvalue weighted by Gasteiger charge is -2.34. The van der Waals surface area contributed by atoms with Gasteiger partial charge in [-0.1, -0.05) is 17.7 Å². The number of rotatable bonds is 6. The highest BCUT2D eigenvalue weighted by Crippen LogP contribution is 2.22. The van der Waals surface area contributed by atoms with Crippen LogP contribution in [0, 0.1) is 6.92 Å². The van der Waals surface area contributed by atoms with Gasteiger partial charge in [0.1, 0.15) is 18.0 Å². The quantitative estimate of drug-likeness (QED) is 0.780. The van der Waals surface area contributed by atoms with Gasteiger partial charge < -0.3 is 20.1 Å². The van der Waals surface area contributed by atoms with Crippen molar-refractivity contribution >= 4 is 18.3 Å². The molecule has 0 aliphatic carbocycles. The number of carbonyl (C=O) groups is 1. The molecule has 0 unspecified atom stereocenters. The maximum absolute atomic E-state index is 12.3. The lowest BCUT2D eigenvalue weighted by Crippen LogP contribution is -2.54. The standard InChI is InChI=1S/C16H24N2O3.ClH/c1-13-3-5-14(6-4-13)21-12-11-18-15(19)16(20-2)7-9-17-10-8-16;/h3-6,17H,7-12H2,1-2H3,(H,18,19);1H. The molecule has 1 aromatic rings. The first kappa shape index (κ1) is 18.7. The predicted molar refractivity (Wildman–Crippen MR) is 88.8 cm³/mol. The van der Waals surface area contributed by atoms with E-state index in [0.29, 0.717) is 26.0 Å². The van der Waals surface area contributed by atoms with Gasteiger partial charge in [-0.2, -0.15) is 0 Å². The molecule has 1 aliphatic rings. The summed E-state index contributed by atoms with van der Waals surface area (Å²) in [6.07, 6.45) is 1.41. The van der Waals surface area contributed by atoms with Gasteiger partial charge in [-0.25, -0.2) is 0 Å². The fourth-order valence-electron chi connectivity index (χ4n) is 2.48. The van der Waals surface area contributed by atoms with E-state index < -0.39 is 5.60 Å². The Hall–Kier alpha value is -1.30. The number of nitrogens with one attached hydrogen (secondary N) is 2. The van der Waals surface area contributed by atoms with Crippen molar-refractivity contribution in [1.29, 1.82) is 0 Å². The summed E-state index contributed by atoms with van der Waals surface area (Å²) in [6, 6.07) is 7.87. The van der Waals surface area contributed by atoms with Gasteiger partial charge in [0.05, 0.1) is 6.54 Å². The molecular weight excluding hydrogens is 304 g/mol. The van der Waals surface area contributed by atoms with E-state index in [-0.39, 0.29) is 18.3 Å². The molecule has 1 amide bonds. The summed E-state index contributed by atoms with van der Waals surface area (Å²) in [5, 5.41) is 6.15. The Bertz CT molecular complexity index is 459. The van der Waals surface area contributed by atoms with Crippen molar-refractivity contribution in [1.82, 2.24) is 10.6 Å². The first-order valence-electron chi connectivity index (χ1n) is 7.40. The summed E-state index contributed by atoms with van der Waals surface area (Å²) < 4.78 is 11.1. The molecule has 0 spiro atoms. The number of aryl methyl sites for hydroxylation is 1. The number of hydrogen-bond donors (Lipinski definition) is 2. The van der Waals surface area contributed by atoms with Gasteiger partial charge in [-0.15, -0.1) is 12.4 Å². The normalized spacial score (nSPS) is 16.5. The van der Waals surface area contributed by atoms with E-state index >= 15 is 0 Å². The Morgan fingerprint density at radius 1 is 1.27 bits per heavy atom. The van der Waals surface area contributed by atoms with Crippen molar-refractivity contribution in [3.63, 3.8) is 0 Å². The second kappa shape index (κ2) is 8.98. The molecule has 0 saturated carbocycles. The molecule has 124 valence electrons. The second-order valence-corrected chi connectivity index (χ2v) is 5.37. The summed E-state index contributed by atoms with van der Waals surface area (Å²) in [7, 11) is 1.60. The van der Waals surface area contributed by atoms with Crippen LogP contribution < -0.4 is 15.4 Å². The van der Waals surface area contributed by atoms with E-state index in [0.717, 1.165) is 18.8 Å². The van der Waals surface area contributed by atoms with Crippen LogP contribution in [0.4, 0.5) is 0 Å². The fraction of sp³-hybridized carbons (Fsp3) is 0.562. The average molecular weight is 329 g/mol. The van der Waals surface area contributed by atoms with Crippen molar-refractivity contribution in [3.8, 4) is 5.75 Å². The first-order chi connectivity index (χ1) is 10.2. The highest BCUT2D eigenvalue weighted by Gasteiger charge is 2.39. The fourth-order valence-corrected chi connectivity index (χ4v) is 2.48. The van der Waals surface area contributed by atoms with E-state index in [1.54, 1.807) is 7.11 Å². The molecule has 2 N–H and O–H groups in total. The highest BCUT2D eigenvalue weighted by atomic mass is 35.5. The van der Waals surface area contributed by atoms with Crippen molar-refractivity contribution < 1.29 is 14.3 Å². The Balaban J connectivity index is 0.00000242.